The van der Waals surface area contributed by atoms with E-state index in [-0.39, 0.29) is 0 Å². The van der Waals surface area contributed by atoms with Gasteiger partial charge in [-0.3, -0.25) is 0 Å². The summed E-state index contributed by atoms with van der Waals surface area (Å²) >= 11 is 6.23. The Balaban J connectivity index is 2.87. The molecule has 0 fully saturated rings. The van der Waals surface area contributed by atoms with Gasteiger partial charge in [0.1, 0.15) is 0 Å². The minimum atomic E-state index is 1.10. The molecule has 0 nitrogen and oxygen atoms in total. The van der Waals surface area contributed by atoms with Gasteiger partial charge >= 0.3 is 0 Å². The maximum Gasteiger partial charge on any atom is 0.0610 e. The van der Waals surface area contributed by atoms with Crippen LogP contribution in [0.2, 0.25) is 0 Å². The van der Waals surface area contributed by atoms with Crippen molar-refractivity contribution in [3.8, 4) is 0 Å². The lowest BCUT2D eigenvalue weighted by Crippen LogP contribution is -1.81. The number of rotatable bonds is 1. The van der Waals surface area contributed by atoms with E-state index in [1.165, 1.54) is 21.2 Å². The van der Waals surface area contributed by atoms with Crippen LogP contribution in [0.5, 0.6) is 0 Å². The van der Waals surface area contributed by atoms with Gasteiger partial charge in [-0.05, 0) is 35.9 Å². The molecule has 2 heteroatoms. The van der Waals surface area contributed by atoms with Crippen molar-refractivity contribution in [2.24, 2.45) is 0 Å². The highest BCUT2D eigenvalue weighted by Crippen LogP contribution is 2.35. The van der Waals surface area contributed by atoms with Gasteiger partial charge < -0.3 is 0 Å². The number of thiophene rings is 1. The van der Waals surface area contributed by atoms with Gasteiger partial charge in [-0.15, -0.1) is 24.0 Å². The van der Waals surface area contributed by atoms with Gasteiger partial charge in [0.2, 0.25) is 0 Å². The average Bonchev–Trinajstić information content (AvgIpc) is 2.43. The second-order valence-electron chi connectivity index (χ2n) is 3.18. The highest BCUT2D eigenvalue weighted by molar-refractivity contribution is 7.83. The van der Waals surface area contributed by atoms with Crippen LogP contribution in [0, 0.1) is 6.92 Å². The lowest BCUT2D eigenvalue weighted by atomic mass is 10.1. The Morgan fingerprint density at radius 3 is 2.85 bits per heavy atom. The molecular formula is C11H12S2. The van der Waals surface area contributed by atoms with Gasteiger partial charge in [0.25, 0.3) is 0 Å². The first-order valence-electron chi connectivity index (χ1n) is 4.44. The Hall–Kier alpha value is -0.470. The van der Waals surface area contributed by atoms with Crippen LogP contribution >= 0.6 is 24.0 Å². The predicted molar refractivity (Wildman–Crippen MR) is 63.2 cm³/mol. The molecule has 1 aromatic carbocycles. The van der Waals surface area contributed by atoms with Crippen molar-refractivity contribution in [2.45, 2.75) is 24.5 Å². The fourth-order valence-electron chi connectivity index (χ4n) is 1.67. The molecule has 1 aromatic heterocycles. The molecule has 68 valence electrons. The van der Waals surface area contributed by atoms with Gasteiger partial charge in [-0.1, -0.05) is 19.1 Å². The van der Waals surface area contributed by atoms with Crippen LogP contribution in [0.1, 0.15) is 18.1 Å². The molecule has 0 radical (unpaired) electrons. The maximum absolute atomic E-state index is 4.46. The molecule has 0 aliphatic carbocycles. The van der Waals surface area contributed by atoms with Gasteiger partial charge in [-0.2, -0.15) is 0 Å². The van der Waals surface area contributed by atoms with E-state index in [0.717, 1.165) is 10.6 Å². The fourth-order valence-corrected chi connectivity index (χ4v) is 3.07. The first kappa shape index (κ1) is 9.10. The molecule has 2 aromatic rings. The third-order valence-corrected chi connectivity index (χ3v) is 4.06. The summed E-state index contributed by atoms with van der Waals surface area (Å²) in [6, 6.07) is 6.51. The number of fused-ring (bicyclic) bond motifs is 1. The molecule has 0 bridgehead atoms. The molecule has 0 aliphatic rings. The van der Waals surface area contributed by atoms with Crippen LogP contribution in [0.25, 0.3) is 10.1 Å². The van der Waals surface area contributed by atoms with E-state index in [0.29, 0.717) is 0 Å². The average molecular weight is 208 g/mol. The number of aryl methyl sites for hydroxylation is 2. The lowest BCUT2D eigenvalue weighted by Gasteiger charge is -1.99. The lowest BCUT2D eigenvalue weighted by molar-refractivity contribution is 1.16. The van der Waals surface area contributed by atoms with Crippen LogP contribution in [0.4, 0.5) is 0 Å². The molecule has 2 rings (SSSR count). The summed E-state index contributed by atoms with van der Waals surface area (Å²) in [4.78, 5) is 0. The Morgan fingerprint density at radius 1 is 1.38 bits per heavy atom. The summed E-state index contributed by atoms with van der Waals surface area (Å²) in [5, 5.41) is 1.42. The Kier molecular flexibility index (Phi) is 2.35. The summed E-state index contributed by atoms with van der Waals surface area (Å²) in [6.07, 6.45) is 1.10. The van der Waals surface area contributed by atoms with E-state index in [4.69, 9.17) is 0 Å². The summed E-state index contributed by atoms with van der Waals surface area (Å²) < 4.78 is 2.51. The number of hydrogen-bond acceptors (Lipinski definition) is 2. The van der Waals surface area contributed by atoms with Crippen LogP contribution < -0.4 is 0 Å². The van der Waals surface area contributed by atoms with E-state index in [2.05, 4.69) is 44.7 Å². The Labute approximate surface area is 88.0 Å². The van der Waals surface area contributed by atoms with E-state index >= 15 is 0 Å². The van der Waals surface area contributed by atoms with Crippen LogP contribution in [0.3, 0.4) is 0 Å². The monoisotopic (exact) mass is 208 g/mol. The predicted octanol–water partition coefficient (Wildman–Crippen LogP) is 4.06. The molecule has 0 saturated heterocycles. The van der Waals surface area contributed by atoms with Crippen molar-refractivity contribution >= 4 is 34.1 Å². The molecular weight excluding hydrogens is 196 g/mol. The molecule has 0 N–H and O–H groups in total. The third-order valence-electron chi connectivity index (χ3n) is 2.40. The second-order valence-corrected chi connectivity index (χ2v) is 4.98. The Bertz CT molecular complexity index is 441. The number of hydrogen-bond donors (Lipinski definition) is 1. The Morgan fingerprint density at radius 2 is 2.15 bits per heavy atom. The minimum Gasteiger partial charge on any atom is -0.133 e. The van der Waals surface area contributed by atoms with Crippen molar-refractivity contribution in [1.29, 1.82) is 0 Å². The first-order valence-corrected chi connectivity index (χ1v) is 5.70. The van der Waals surface area contributed by atoms with Crippen molar-refractivity contribution in [3.63, 3.8) is 0 Å². The van der Waals surface area contributed by atoms with Crippen molar-refractivity contribution < 1.29 is 0 Å². The van der Waals surface area contributed by atoms with Crippen LogP contribution in [0.15, 0.2) is 22.4 Å². The SMILES string of the molecule is CCc1cccc2sc(S)c(C)c12. The molecule has 0 aliphatic heterocycles. The van der Waals surface area contributed by atoms with Crippen LogP contribution in [-0.2, 0) is 6.42 Å². The third kappa shape index (κ3) is 1.38. The zero-order chi connectivity index (χ0) is 9.42. The van der Waals surface area contributed by atoms with Gasteiger partial charge in [0.05, 0.1) is 4.21 Å². The normalized spacial score (nSPS) is 11.0. The number of benzene rings is 1. The highest BCUT2D eigenvalue weighted by Gasteiger charge is 2.07. The van der Waals surface area contributed by atoms with Gasteiger partial charge in [0, 0.05) is 4.70 Å². The van der Waals surface area contributed by atoms with E-state index < -0.39 is 0 Å². The zero-order valence-electron chi connectivity index (χ0n) is 7.79. The van der Waals surface area contributed by atoms with Gasteiger partial charge in [0.15, 0.2) is 0 Å². The minimum absolute atomic E-state index is 1.10. The molecule has 0 spiro atoms. The molecule has 13 heavy (non-hydrogen) atoms. The summed E-state index contributed by atoms with van der Waals surface area (Å²) in [6.45, 7) is 4.35. The standard InChI is InChI=1S/C11H12S2/c1-3-8-5-4-6-9-10(8)7(2)11(12)13-9/h4-6,12H,3H2,1-2H3. The maximum atomic E-state index is 4.46. The topological polar surface area (TPSA) is 0 Å². The van der Waals surface area contributed by atoms with E-state index in [1.54, 1.807) is 11.3 Å². The largest absolute Gasteiger partial charge is 0.133 e. The quantitative estimate of drug-likeness (QED) is 0.671. The fraction of sp³-hybridized carbons (Fsp3) is 0.273. The first-order chi connectivity index (χ1) is 6.24. The second kappa shape index (κ2) is 3.35. The van der Waals surface area contributed by atoms with Gasteiger partial charge in [-0.25, -0.2) is 0 Å². The summed E-state index contributed by atoms with van der Waals surface area (Å²) in [5.74, 6) is 0. The molecule has 1 heterocycles. The smallest absolute Gasteiger partial charge is 0.0610 e. The van der Waals surface area contributed by atoms with Crippen LogP contribution in [-0.4, -0.2) is 0 Å². The highest BCUT2D eigenvalue weighted by atomic mass is 32.2. The molecule has 0 atom stereocenters. The molecule has 0 unspecified atom stereocenters. The molecule has 0 amide bonds. The molecule has 0 saturated carbocycles. The van der Waals surface area contributed by atoms with Crippen molar-refractivity contribution in [2.75, 3.05) is 0 Å². The van der Waals surface area contributed by atoms with E-state index in [9.17, 15) is 0 Å². The van der Waals surface area contributed by atoms with E-state index in [1.807, 2.05) is 0 Å². The zero-order valence-corrected chi connectivity index (χ0v) is 9.51. The summed E-state index contributed by atoms with van der Waals surface area (Å²) in [7, 11) is 0. The van der Waals surface area contributed by atoms with Crippen molar-refractivity contribution in [3.05, 3.63) is 29.3 Å². The number of thiol groups is 1. The van der Waals surface area contributed by atoms with Crippen molar-refractivity contribution in [1.82, 2.24) is 0 Å². The summed E-state index contributed by atoms with van der Waals surface area (Å²) in [5.41, 5.74) is 2.77.